The fraction of sp³-hybridized carbons (Fsp3) is 0.100. The van der Waals surface area contributed by atoms with Crippen molar-refractivity contribution in [3.05, 3.63) is 137 Å². The third-order valence-electron chi connectivity index (χ3n) is 8.69. The fourth-order valence-corrected chi connectivity index (χ4v) is 6.44. The minimum atomic E-state index is -5.01. The molecule has 0 fully saturated rings. The summed E-state index contributed by atoms with van der Waals surface area (Å²) >= 11 is 0. The number of benzene rings is 5. The lowest BCUT2D eigenvalue weighted by atomic mass is 9.97. The molecule has 0 aliphatic carbocycles. The van der Waals surface area contributed by atoms with E-state index in [4.69, 9.17) is 5.26 Å². The van der Waals surface area contributed by atoms with E-state index in [1.807, 2.05) is 50.2 Å². The van der Waals surface area contributed by atoms with Crippen molar-refractivity contribution < 1.29 is 26.3 Å². The number of halogens is 6. The molecule has 0 amide bonds. The van der Waals surface area contributed by atoms with Crippen LogP contribution in [0.4, 0.5) is 26.3 Å². The molecule has 0 atom stereocenters. The maximum atomic E-state index is 13.8. The summed E-state index contributed by atoms with van der Waals surface area (Å²) < 4.78 is 84.7. The van der Waals surface area contributed by atoms with E-state index in [0.29, 0.717) is 45.4 Å². The van der Waals surface area contributed by atoms with Crippen molar-refractivity contribution in [1.29, 1.82) is 10.5 Å². The Hall–Kier alpha value is -6.46. The van der Waals surface area contributed by atoms with Crippen LogP contribution < -0.4 is 0 Å². The molecule has 5 aromatic carbocycles. The van der Waals surface area contributed by atoms with Crippen molar-refractivity contribution in [2.24, 2.45) is 0 Å². The average Bonchev–Trinajstić information content (AvgIpc) is 3.42. The number of hydrogen-bond donors (Lipinski definition) is 0. The van der Waals surface area contributed by atoms with Gasteiger partial charge in [0.25, 0.3) is 0 Å². The first kappa shape index (κ1) is 33.1. The van der Waals surface area contributed by atoms with Gasteiger partial charge < -0.3 is 4.57 Å². The summed E-state index contributed by atoms with van der Waals surface area (Å²) in [6.45, 7) is 3.98. The maximum Gasteiger partial charge on any atom is 0.416 e. The number of alkyl halides is 6. The highest BCUT2D eigenvalue weighted by Gasteiger charge is 2.37. The van der Waals surface area contributed by atoms with E-state index in [1.54, 1.807) is 34.9 Å². The van der Waals surface area contributed by atoms with E-state index in [0.717, 1.165) is 27.6 Å². The maximum absolute atomic E-state index is 13.8. The van der Waals surface area contributed by atoms with Gasteiger partial charge in [-0.1, -0.05) is 59.7 Å². The standard InChI is InChI=1S/C40H23F6N5/c1-22-9-23(2)11-27(10-22)25-3-6-33-34-7-4-26(28-13-31(39(41,42)43)17-32(14-28)40(44,45)46)16-37(34)51(36(33)15-25)35-8-5-24(12-29(35)18-47)30-20-49-38(19-48)50-21-30/h3-17,20-21H,1-2H3. The van der Waals surface area contributed by atoms with Gasteiger partial charge in [0.1, 0.15) is 12.1 Å². The van der Waals surface area contributed by atoms with Gasteiger partial charge >= 0.3 is 12.4 Å². The van der Waals surface area contributed by atoms with Crippen LogP contribution in [0.15, 0.2) is 103 Å². The summed E-state index contributed by atoms with van der Waals surface area (Å²) in [6, 6.07) is 27.4. The molecule has 2 aromatic heterocycles. The topological polar surface area (TPSA) is 78.3 Å². The Kier molecular flexibility index (Phi) is 7.87. The number of nitrogens with zero attached hydrogens (tertiary/aromatic N) is 5. The van der Waals surface area contributed by atoms with E-state index < -0.39 is 23.5 Å². The number of nitriles is 2. The van der Waals surface area contributed by atoms with Crippen molar-refractivity contribution in [3.63, 3.8) is 0 Å². The third-order valence-corrected chi connectivity index (χ3v) is 8.69. The quantitative estimate of drug-likeness (QED) is 0.173. The fourth-order valence-electron chi connectivity index (χ4n) is 6.44. The van der Waals surface area contributed by atoms with Crippen LogP contribution in [0.3, 0.4) is 0 Å². The Morgan fingerprint density at radius 1 is 0.529 bits per heavy atom. The highest BCUT2D eigenvalue weighted by Crippen LogP contribution is 2.42. The van der Waals surface area contributed by atoms with E-state index in [1.165, 1.54) is 18.5 Å². The van der Waals surface area contributed by atoms with E-state index >= 15 is 0 Å². The number of hydrogen-bond acceptors (Lipinski definition) is 4. The van der Waals surface area contributed by atoms with Gasteiger partial charge in [-0.15, -0.1) is 0 Å². The second kappa shape index (κ2) is 12.1. The minimum Gasteiger partial charge on any atom is -0.308 e. The molecule has 0 saturated heterocycles. The van der Waals surface area contributed by atoms with Crippen molar-refractivity contribution in [1.82, 2.24) is 14.5 Å². The summed E-state index contributed by atoms with van der Waals surface area (Å²) in [5.74, 6) is -0.0142. The van der Waals surface area contributed by atoms with E-state index in [-0.39, 0.29) is 28.6 Å². The Morgan fingerprint density at radius 3 is 1.51 bits per heavy atom. The first-order chi connectivity index (χ1) is 24.2. The lowest BCUT2D eigenvalue weighted by molar-refractivity contribution is -0.143. The molecule has 7 aromatic rings. The molecule has 11 heteroatoms. The molecule has 0 spiro atoms. The van der Waals surface area contributed by atoms with Gasteiger partial charge in [0, 0.05) is 28.7 Å². The summed E-state index contributed by atoms with van der Waals surface area (Å²) in [6.07, 6.45) is -7.09. The van der Waals surface area contributed by atoms with Crippen molar-refractivity contribution in [3.8, 4) is 51.2 Å². The first-order valence-electron chi connectivity index (χ1n) is 15.5. The molecule has 0 N–H and O–H groups in total. The molecule has 5 nitrogen and oxygen atoms in total. The molecule has 0 radical (unpaired) electrons. The van der Waals surface area contributed by atoms with Crippen LogP contribution in [-0.4, -0.2) is 14.5 Å². The number of aryl methyl sites for hydroxylation is 2. The zero-order valence-electron chi connectivity index (χ0n) is 26.8. The van der Waals surface area contributed by atoms with Crippen molar-refractivity contribution in [2.45, 2.75) is 26.2 Å². The third kappa shape index (κ3) is 6.15. The molecule has 2 heterocycles. The number of rotatable bonds is 4. The summed E-state index contributed by atoms with van der Waals surface area (Å²) in [5, 5.41) is 20.9. The lowest BCUT2D eigenvalue weighted by Gasteiger charge is -2.15. The summed E-state index contributed by atoms with van der Waals surface area (Å²) in [7, 11) is 0. The van der Waals surface area contributed by atoms with Crippen LogP contribution in [-0.2, 0) is 12.4 Å². The molecule has 250 valence electrons. The average molecular weight is 688 g/mol. The Balaban J connectivity index is 1.51. The van der Waals surface area contributed by atoms with Gasteiger partial charge in [0.05, 0.1) is 33.4 Å². The van der Waals surface area contributed by atoms with Crippen LogP contribution in [0.2, 0.25) is 0 Å². The monoisotopic (exact) mass is 687 g/mol. The predicted molar refractivity (Wildman–Crippen MR) is 182 cm³/mol. The molecule has 0 saturated carbocycles. The van der Waals surface area contributed by atoms with Gasteiger partial charge in [-0.2, -0.15) is 36.9 Å². The molecular formula is C40H23F6N5. The van der Waals surface area contributed by atoms with Crippen LogP contribution in [0, 0.1) is 36.5 Å². The van der Waals surface area contributed by atoms with Gasteiger partial charge in [0.15, 0.2) is 0 Å². The molecule has 51 heavy (non-hydrogen) atoms. The molecular weight excluding hydrogens is 664 g/mol. The zero-order valence-corrected chi connectivity index (χ0v) is 26.8. The lowest BCUT2D eigenvalue weighted by Crippen LogP contribution is -2.11. The normalized spacial score (nSPS) is 11.9. The van der Waals surface area contributed by atoms with Gasteiger partial charge in [-0.25, -0.2) is 9.97 Å². The SMILES string of the molecule is Cc1cc(C)cc(-c2ccc3c4ccc(-c5cc(C(F)(F)F)cc(C(F)(F)F)c5)cc4n(-c4ccc(-c5cnc(C#N)nc5)cc4C#N)c3c2)c1. The van der Waals surface area contributed by atoms with Crippen LogP contribution >= 0.6 is 0 Å². The van der Waals surface area contributed by atoms with Crippen LogP contribution in [0.5, 0.6) is 0 Å². The van der Waals surface area contributed by atoms with E-state index in [9.17, 15) is 31.6 Å². The van der Waals surface area contributed by atoms with Gasteiger partial charge in [-0.05, 0) is 84.1 Å². The Bertz CT molecular complexity index is 2550. The van der Waals surface area contributed by atoms with Crippen molar-refractivity contribution >= 4 is 21.8 Å². The molecule has 7 rings (SSSR count). The predicted octanol–water partition coefficient (Wildman–Crippen LogP) is 11.0. The largest absolute Gasteiger partial charge is 0.416 e. The molecule has 0 aliphatic heterocycles. The van der Waals surface area contributed by atoms with Crippen LogP contribution in [0.1, 0.15) is 33.6 Å². The van der Waals surface area contributed by atoms with Crippen molar-refractivity contribution in [2.75, 3.05) is 0 Å². The zero-order chi connectivity index (χ0) is 36.2. The highest BCUT2D eigenvalue weighted by atomic mass is 19.4. The smallest absolute Gasteiger partial charge is 0.308 e. The summed E-state index contributed by atoms with van der Waals surface area (Å²) in [4.78, 5) is 8.03. The minimum absolute atomic E-state index is 0.0142. The Labute approximate surface area is 287 Å². The number of fused-ring (bicyclic) bond motifs is 3. The molecule has 0 bridgehead atoms. The Morgan fingerprint density at radius 2 is 1.02 bits per heavy atom. The first-order valence-corrected chi connectivity index (χ1v) is 15.5. The summed E-state index contributed by atoms with van der Waals surface area (Å²) in [5.41, 5.74) is 3.94. The molecule has 0 aliphatic rings. The number of aromatic nitrogens is 3. The van der Waals surface area contributed by atoms with Crippen LogP contribution in [0.25, 0.3) is 60.9 Å². The second-order valence-corrected chi connectivity index (χ2v) is 12.2. The van der Waals surface area contributed by atoms with Gasteiger partial charge in [0.2, 0.25) is 5.82 Å². The second-order valence-electron chi connectivity index (χ2n) is 12.2. The molecule has 0 unspecified atom stereocenters. The van der Waals surface area contributed by atoms with E-state index in [2.05, 4.69) is 22.1 Å². The van der Waals surface area contributed by atoms with Gasteiger partial charge in [-0.3, -0.25) is 0 Å². The highest BCUT2D eigenvalue weighted by molar-refractivity contribution is 6.11.